The van der Waals surface area contributed by atoms with Gasteiger partial charge in [0, 0.05) is 5.56 Å². The Labute approximate surface area is 191 Å². The van der Waals surface area contributed by atoms with Gasteiger partial charge in [0.05, 0.1) is 36.4 Å². The van der Waals surface area contributed by atoms with Crippen molar-refractivity contribution >= 4 is 33.8 Å². The molecule has 0 bridgehead atoms. The largest absolute Gasteiger partial charge is 0.492 e. The van der Waals surface area contributed by atoms with Crippen molar-refractivity contribution < 1.29 is 33.0 Å². The second kappa shape index (κ2) is 9.03. The Morgan fingerprint density at radius 2 is 1.94 bits per heavy atom. The number of benzene rings is 2. The molecule has 168 valence electrons. The van der Waals surface area contributed by atoms with E-state index in [1.165, 1.54) is 32.6 Å². The smallest absolute Gasteiger partial charge is 0.289 e. The van der Waals surface area contributed by atoms with Crippen LogP contribution in [0.5, 0.6) is 23.0 Å². The Morgan fingerprint density at radius 1 is 1.25 bits per heavy atom. The SMILES string of the molecule is COc1c(Br)c([C@H]2ON=C(C(=O)N/N=C\c3ccccc3F)[C@H]2C)c(OC)c2c1OCO2. The summed E-state index contributed by atoms with van der Waals surface area (Å²) in [6.07, 6.45) is 0.535. The third-order valence-electron chi connectivity index (χ3n) is 5.06. The average Bonchev–Trinajstić information content (AvgIpc) is 3.41. The number of fused-ring (bicyclic) bond motifs is 1. The van der Waals surface area contributed by atoms with Crippen LogP contribution in [-0.2, 0) is 9.63 Å². The molecule has 1 amide bonds. The maximum Gasteiger partial charge on any atom is 0.289 e. The van der Waals surface area contributed by atoms with Crippen LogP contribution >= 0.6 is 15.9 Å². The van der Waals surface area contributed by atoms with Crippen molar-refractivity contribution in [1.29, 1.82) is 0 Å². The van der Waals surface area contributed by atoms with Gasteiger partial charge >= 0.3 is 0 Å². The second-order valence-corrected chi connectivity index (χ2v) is 7.66. The topological polar surface area (TPSA) is 100.0 Å². The maximum atomic E-state index is 13.7. The monoisotopic (exact) mass is 507 g/mol. The summed E-state index contributed by atoms with van der Waals surface area (Å²) in [6.45, 7) is 1.79. The van der Waals surface area contributed by atoms with Gasteiger partial charge in [-0.2, -0.15) is 5.10 Å². The molecule has 2 aliphatic rings. The number of rotatable bonds is 6. The van der Waals surface area contributed by atoms with Crippen molar-refractivity contribution in [2.45, 2.75) is 13.0 Å². The van der Waals surface area contributed by atoms with E-state index in [9.17, 15) is 9.18 Å². The molecule has 0 unspecified atom stereocenters. The first kappa shape index (κ1) is 21.9. The summed E-state index contributed by atoms with van der Waals surface area (Å²) in [5.74, 6) is 0.0872. The molecule has 32 heavy (non-hydrogen) atoms. The molecule has 9 nitrogen and oxygen atoms in total. The van der Waals surface area contributed by atoms with E-state index in [-0.39, 0.29) is 18.1 Å². The van der Waals surface area contributed by atoms with Crippen LogP contribution in [0.15, 0.2) is 39.0 Å². The van der Waals surface area contributed by atoms with Gasteiger partial charge < -0.3 is 23.8 Å². The van der Waals surface area contributed by atoms with Crippen molar-refractivity contribution in [1.82, 2.24) is 5.43 Å². The van der Waals surface area contributed by atoms with Crippen LogP contribution in [0.1, 0.15) is 24.2 Å². The van der Waals surface area contributed by atoms with Gasteiger partial charge in [-0.25, -0.2) is 9.82 Å². The highest BCUT2D eigenvalue weighted by atomic mass is 79.9. The summed E-state index contributed by atoms with van der Waals surface area (Å²) in [7, 11) is 2.99. The van der Waals surface area contributed by atoms with Gasteiger partial charge in [0.2, 0.25) is 18.3 Å². The van der Waals surface area contributed by atoms with E-state index in [1.54, 1.807) is 19.1 Å². The number of methoxy groups -OCH3 is 2. The summed E-state index contributed by atoms with van der Waals surface area (Å²) < 4.78 is 36.3. The van der Waals surface area contributed by atoms with Crippen LogP contribution in [-0.4, -0.2) is 38.8 Å². The lowest BCUT2D eigenvalue weighted by atomic mass is 9.92. The first-order valence-corrected chi connectivity index (χ1v) is 10.3. The lowest BCUT2D eigenvalue weighted by Crippen LogP contribution is -2.31. The molecule has 0 radical (unpaired) electrons. The lowest BCUT2D eigenvalue weighted by Gasteiger charge is -2.21. The Kier molecular flexibility index (Phi) is 6.17. The van der Waals surface area contributed by atoms with Gasteiger partial charge in [0.15, 0.2) is 23.3 Å². The van der Waals surface area contributed by atoms with Crippen molar-refractivity contribution in [2.24, 2.45) is 16.2 Å². The number of oxime groups is 1. The van der Waals surface area contributed by atoms with E-state index in [1.807, 2.05) is 0 Å². The Balaban J connectivity index is 1.56. The molecular formula is C21H19BrFN3O6. The second-order valence-electron chi connectivity index (χ2n) is 6.87. The highest BCUT2D eigenvalue weighted by Gasteiger charge is 2.42. The van der Waals surface area contributed by atoms with Gasteiger partial charge in [-0.1, -0.05) is 30.3 Å². The third-order valence-corrected chi connectivity index (χ3v) is 5.84. The number of hydrazone groups is 1. The fourth-order valence-corrected chi connectivity index (χ4v) is 4.23. The summed E-state index contributed by atoms with van der Waals surface area (Å²) in [5.41, 5.74) is 3.27. The van der Waals surface area contributed by atoms with Gasteiger partial charge in [-0.3, -0.25) is 4.79 Å². The van der Waals surface area contributed by atoms with Crippen LogP contribution in [0.25, 0.3) is 0 Å². The zero-order chi connectivity index (χ0) is 22.8. The summed E-state index contributed by atoms with van der Waals surface area (Å²) in [4.78, 5) is 18.2. The molecule has 2 atom stereocenters. The Bertz CT molecular complexity index is 1120. The van der Waals surface area contributed by atoms with Crippen molar-refractivity contribution in [2.75, 3.05) is 21.0 Å². The average molecular weight is 508 g/mol. The van der Waals surface area contributed by atoms with E-state index in [0.29, 0.717) is 33.0 Å². The van der Waals surface area contributed by atoms with Gasteiger partial charge in [-0.15, -0.1) is 0 Å². The normalized spacial score (nSPS) is 19.0. The summed E-state index contributed by atoms with van der Waals surface area (Å²) in [6, 6.07) is 6.07. The lowest BCUT2D eigenvalue weighted by molar-refractivity contribution is -0.115. The fraction of sp³-hybridized carbons (Fsp3) is 0.286. The molecule has 0 saturated heterocycles. The number of ether oxygens (including phenoxy) is 4. The Hall–Kier alpha value is -3.34. The van der Waals surface area contributed by atoms with Crippen LogP contribution in [0.2, 0.25) is 0 Å². The minimum Gasteiger partial charge on any atom is -0.492 e. The predicted octanol–water partition coefficient (Wildman–Crippen LogP) is 3.55. The van der Waals surface area contributed by atoms with E-state index >= 15 is 0 Å². The number of nitrogens with zero attached hydrogens (tertiary/aromatic N) is 2. The molecular weight excluding hydrogens is 489 g/mol. The van der Waals surface area contributed by atoms with Crippen LogP contribution in [0.4, 0.5) is 4.39 Å². The quantitative estimate of drug-likeness (QED) is 0.474. The molecule has 1 N–H and O–H groups in total. The van der Waals surface area contributed by atoms with Crippen LogP contribution in [0, 0.1) is 11.7 Å². The van der Waals surface area contributed by atoms with E-state index in [0.717, 1.165) is 0 Å². The van der Waals surface area contributed by atoms with Crippen LogP contribution < -0.4 is 24.4 Å². The Morgan fingerprint density at radius 3 is 2.62 bits per heavy atom. The fourth-order valence-electron chi connectivity index (χ4n) is 3.48. The molecule has 0 spiro atoms. The zero-order valence-electron chi connectivity index (χ0n) is 17.3. The van der Waals surface area contributed by atoms with Gasteiger partial charge in [-0.05, 0) is 22.0 Å². The van der Waals surface area contributed by atoms with Crippen molar-refractivity contribution in [3.05, 3.63) is 45.7 Å². The number of carbonyl (C=O) groups excluding carboxylic acids is 1. The van der Waals surface area contributed by atoms with E-state index < -0.39 is 23.7 Å². The zero-order valence-corrected chi connectivity index (χ0v) is 18.9. The molecule has 0 aromatic heterocycles. The minimum atomic E-state index is -0.681. The van der Waals surface area contributed by atoms with Crippen molar-refractivity contribution in [3.8, 4) is 23.0 Å². The molecule has 0 aliphatic carbocycles. The number of nitrogens with one attached hydrogen (secondary N) is 1. The first-order valence-electron chi connectivity index (χ1n) is 9.52. The minimum absolute atomic E-state index is 0.0171. The number of carbonyl (C=O) groups is 1. The summed E-state index contributed by atoms with van der Waals surface area (Å²) in [5, 5.41) is 7.76. The molecule has 11 heteroatoms. The van der Waals surface area contributed by atoms with Gasteiger partial charge in [0.25, 0.3) is 5.91 Å². The molecule has 4 rings (SSSR count). The highest BCUT2D eigenvalue weighted by Crippen LogP contribution is 2.57. The number of hydrogen-bond acceptors (Lipinski definition) is 8. The molecule has 2 aromatic carbocycles. The third kappa shape index (κ3) is 3.72. The van der Waals surface area contributed by atoms with Crippen LogP contribution in [0.3, 0.4) is 0 Å². The highest BCUT2D eigenvalue weighted by molar-refractivity contribution is 9.10. The van der Waals surface area contributed by atoms with E-state index in [2.05, 4.69) is 31.6 Å². The van der Waals surface area contributed by atoms with Crippen molar-refractivity contribution in [3.63, 3.8) is 0 Å². The molecule has 0 saturated carbocycles. The molecule has 0 fully saturated rings. The van der Waals surface area contributed by atoms with Gasteiger partial charge in [0.1, 0.15) is 5.82 Å². The number of halogens is 2. The maximum absolute atomic E-state index is 13.7. The van der Waals surface area contributed by atoms with E-state index in [4.69, 9.17) is 23.8 Å². The first-order chi connectivity index (χ1) is 15.5. The predicted molar refractivity (Wildman–Crippen MR) is 116 cm³/mol. The molecule has 2 aliphatic heterocycles. The number of amides is 1. The molecule has 2 heterocycles. The standard InChI is InChI=1S/C21H19BrFN3O6/c1-10-15(21(27)25-24-8-11-6-4-5-7-12(11)23)26-32-16(10)13-14(22)18(29-3)20-19(17(13)28-2)30-9-31-20/h4-8,10,16H,9H2,1-3H3,(H,25,27)/b24-8-/t10-,16+/m1/s1. The summed E-state index contributed by atoms with van der Waals surface area (Å²) >= 11 is 3.52. The molecule has 2 aromatic rings. The number of hydrogen-bond donors (Lipinski definition) is 1.